The molecule has 0 radical (unpaired) electrons. The Morgan fingerprint density at radius 2 is 2.00 bits per heavy atom. The third-order valence-electron chi connectivity index (χ3n) is 2.84. The minimum Gasteiger partial charge on any atom is -0.480 e. The Morgan fingerprint density at radius 3 is 2.74 bits per heavy atom. The van der Waals surface area contributed by atoms with Crippen molar-refractivity contribution in [2.24, 2.45) is 5.73 Å². The van der Waals surface area contributed by atoms with Crippen LogP contribution < -0.4 is 15.8 Å². The molecule has 0 aliphatic rings. The Labute approximate surface area is 133 Å². The summed E-state index contributed by atoms with van der Waals surface area (Å²) in [6.45, 7) is 0.279. The number of primary amides is 1. The summed E-state index contributed by atoms with van der Waals surface area (Å²) in [6, 6.07) is 10.0. The molecule has 0 atom stereocenters. The second kappa shape index (κ2) is 8.20. The van der Waals surface area contributed by atoms with Crippen molar-refractivity contribution < 1.29 is 14.3 Å². The molecule has 1 aromatic carbocycles. The van der Waals surface area contributed by atoms with Gasteiger partial charge in [-0.3, -0.25) is 14.6 Å². The van der Waals surface area contributed by atoms with E-state index in [-0.39, 0.29) is 19.1 Å². The fourth-order valence-corrected chi connectivity index (χ4v) is 1.75. The van der Waals surface area contributed by atoms with Gasteiger partial charge >= 0.3 is 0 Å². The molecule has 0 unspecified atom stereocenters. The molecule has 6 heteroatoms. The van der Waals surface area contributed by atoms with Crippen LogP contribution >= 0.6 is 0 Å². The summed E-state index contributed by atoms with van der Waals surface area (Å²) in [5.74, 6) is 5.10. The summed E-state index contributed by atoms with van der Waals surface area (Å²) < 4.78 is 5.39. The maximum absolute atomic E-state index is 11.7. The van der Waals surface area contributed by atoms with Gasteiger partial charge in [0.05, 0.1) is 17.7 Å². The second-order valence-corrected chi connectivity index (χ2v) is 4.43. The van der Waals surface area contributed by atoms with Crippen molar-refractivity contribution in [3.05, 3.63) is 59.9 Å². The Hall–Kier alpha value is -3.33. The van der Waals surface area contributed by atoms with Crippen LogP contribution in [0, 0.1) is 11.8 Å². The Balaban J connectivity index is 1.79. The van der Waals surface area contributed by atoms with Gasteiger partial charge in [0.1, 0.15) is 12.4 Å². The number of carbonyl (C=O) groups is 2. The van der Waals surface area contributed by atoms with Crippen LogP contribution in [0.3, 0.4) is 0 Å². The smallest absolute Gasteiger partial charge is 0.253 e. The molecular weight excluding hydrogens is 294 g/mol. The van der Waals surface area contributed by atoms with Crippen molar-refractivity contribution in [1.82, 2.24) is 10.3 Å². The first kappa shape index (κ1) is 16.0. The zero-order chi connectivity index (χ0) is 16.5. The molecule has 0 aliphatic carbocycles. The third-order valence-corrected chi connectivity index (χ3v) is 2.84. The van der Waals surface area contributed by atoms with Crippen LogP contribution in [0.15, 0.2) is 48.8 Å². The van der Waals surface area contributed by atoms with Crippen LogP contribution in [0.4, 0.5) is 0 Å². The summed E-state index contributed by atoms with van der Waals surface area (Å²) >= 11 is 0. The number of hydrogen-bond acceptors (Lipinski definition) is 4. The predicted octanol–water partition coefficient (Wildman–Crippen LogP) is 0.993. The van der Waals surface area contributed by atoms with Gasteiger partial charge in [0.25, 0.3) is 11.8 Å². The largest absolute Gasteiger partial charge is 0.480 e. The summed E-state index contributed by atoms with van der Waals surface area (Å²) in [5, 5.41) is 2.65. The van der Waals surface area contributed by atoms with Crippen molar-refractivity contribution in [3.8, 4) is 17.6 Å². The maximum atomic E-state index is 11.7. The van der Waals surface area contributed by atoms with Gasteiger partial charge in [-0.05, 0) is 24.3 Å². The lowest BCUT2D eigenvalue weighted by molar-refractivity contribution is 0.0956. The topological polar surface area (TPSA) is 94.3 Å². The standard InChI is InChI=1S/C17H15N3O3/c18-16(21)14-7-1-2-8-15(14)23-11-4-3-10-20-17(22)13-6-5-9-19-12-13/h1-2,5-9,12H,10-11H2,(H2,18,21)(H,20,22). The minimum absolute atomic E-state index is 0.0903. The summed E-state index contributed by atoms with van der Waals surface area (Å²) in [5.41, 5.74) is 6.03. The highest BCUT2D eigenvalue weighted by Crippen LogP contribution is 2.16. The van der Waals surface area contributed by atoms with E-state index < -0.39 is 5.91 Å². The number of pyridine rings is 1. The molecule has 1 aromatic heterocycles. The van der Waals surface area contributed by atoms with Crippen LogP contribution in [-0.2, 0) is 0 Å². The molecule has 0 saturated carbocycles. The van der Waals surface area contributed by atoms with E-state index in [1.54, 1.807) is 42.6 Å². The normalized spacial score (nSPS) is 9.39. The van der Waals surface area contributed by atoms with Gasteiger partial charge in [-0.1, -0.05) is 24.0 Å². The number of hydrogen-bond donors (Lipinski definition) is 2. The van der Waals surface area contributed by atoms with Gasteiger partial charge in [0, 0.05) is 12.4 Å². The van der Waals surface area contributed by atoms with Crippen LogP contribution in [0.2, 0.25) is 0 Å². The monoisotopic (exact) mass is 309 g/mol. The van der Waals surface area contributed by atoms with E-state index in [1.807, 2.05) is 0 Å². The van der Waals surface area contributed by atoms with Gasteiger partial charge < -0.3 is 15.8 Å². The number of nitrogens with one attached hydrogen (secondary N) is 1. The number of nitrogens with two attached hydrogens (primary N) is 1. The lowest BCUT2D eigenvalue weighted by Crippen LogP contribution is -2.23. The van der Waals surface area contributed by atoms with Crippen LogP contribution in [0.1, 0.15) is 20.7 Å². The number of amides is 2. The van der Waals surface area contributed by atoms with Crippen molar-refractivity contribution in [1.29, 1.82) is 0 Å². The van der Waals surface area contributed by atoms with Gasteiger partial charge in [0.15, 0.2) is 0 Å². The van der Waals surface area contributed by atoms with E-state index >= 15 is 0 Å². The fraction of sp³-hybridized carbons (Fsp3) is 0.118. The SMILES string of the molecule is NC(=O)c1ccccc1OCC#CCNC(=O)c1cccnc1. The molecule has 0 fully saturated rings. The zero-order valence-electron chi connectivity index (χ0n) is 12.3. The molecule has 6 nitrogen and oxygen atoms in total. The lowest BCUT2D eigenvalue weighted by atomic mass is 10.2. The molecule has 2 rings (SSSR count). The number of ether oxygens (including phenoxy) is 1. The first-order chi connectivity index (χ1) is 11.2. The van der Waals surface area contributed by atoms with Crippen LogP contribution in [0.5, 0.6) is 5.75 Å². The van der Waals surface area contributed by atoms with Gasteiger partial charge in [0.2, 0.25) is 0 Å². The number of benzene rings is 1. The molecular formula is C17H15N3O3. The van der Waals surface area contributed by atoms with Crippen LogP contribution in [-0.4, -0.2) is 29.9 Å². The molecule has 0 spiro atoms. The molecule has 1 heterocycles. The first-order valence-corrected chi connectivity index (χ1v) is 6.84. The number of aromatic nitrogens is 1. The highest BCUT2D eigenvalue weighted by molar-refractivity contribution is 5.95. The summed E-state index contributed by atoms with van der Waals surface area (Å²) in [4.78, 5) is 26.8. The zero-order valence-corrected chi connectivity index (χ0v) is 12.3. The Bertz CT molecular complexity index is 748. The lowest BCUT2D eigenvalue weighted by Gasteiger charge is -2.05. The third kappa shape index (κ3) is 4.86. The van der Waals surface area contributed by atoms with Crippen molar-refractivity contribution >= 4 is 11.8 Å². The van der Waals surface area contributed by atoms with E-state index in [0.717, 1.165) is 0 Å². The molecule has 0 aliphatic heterocycles. The predicted molar refractivity (Wildman–Crippen MR) is 84.8 cm³/mol. The molecule has 2 amide bonds. The number of carbonyl (C=O) groups excluding carboxylic acids is 2. The maximum Gasteiger partial charge on any atom is 0.253 e. The van der Waals surface area contributed by atoms with E-state index in [1.165, 1.54) is 6.20 Å². The molecule has 23 heavy (non-hydrogen) atoms. The Morgan fingerprint density at radius 1 is 1.17 bits per heavy atom. The fourth-order valence-electron chi connectivity index (χ4n) is 1.75. The van der Waals surface area contributed by atoms with E-state index in [9.17, 15) is 9.59 Å². The number of rotatable bonds is 5. The average Bonchev–Trinajstić information content (AvgIpc) is 2.58. The van der Waals surface area contributed by atoms with Crippen molar-refractivity contribution in [2.75, 3.05) is 13.2 Å². The van der Waals surface area contributed by atoms with E-state index in [2.05, 4.69) is 22.1 Å². The number of nitrogens with zero attached hydrogens (tertiary/aromatic N) is 1. The van der Waals surface area contributed by atoms with Gasteiger partial charge in [-0.15, -0.1) is 0 Å². The van der Waals surface area contributed by atoms with Crippen molar-refractivity contribution in [3.63, 3.8) is 0 Å². The summed E-state index contributed by atoms with van der Waals surface area (Å²) in [7, 11) is 0. The molecule has 0 saturated heterocycles. The second-order valence-electron chi connectivity index (χ2n) is 4.43. The highest BCUT2D eigenvalue weighted by atomic mass is 16.5. The minimum atomic E-state index is -0.558. The molecule has 116 valence electrons. The highest BCUT2D eigenvalue weighted by Gasteiger charge is 2.07. The first-order valence-electron chi connectivity index (χ1n) is 6.84. The number of para-hydroxylation sites is 1. The quantitative estimate of drug-likeness (QED) is 0.805. The molecule has 0 bridgehead atoms. The molecule has 2 aromatic rings. The van der Waals surface area contributed by atoms with Crippen LogP contribution in [0.25, 0.3) is 0 Å². The van der Waals surface area contributed by atoms with E-state index in [0.29, 0.717) is 16.9 Å². The van der Waals surface area contributed by atoms with Crippen molar-refractivity contribution in [2.45, 2.75) is 0 Å². The average molecular weight is 309 g/mol. The van der Waals surface area contributed by atoms with Gasteiger partial charge in [-0.2, -0.15) is 0 Å². The van der Waals surface area contributed by atoms with E-state index in [4.69, 9.17) is 10.5 Å². The van der Waals surface area contributed by atoms with Gasteiger partial charge in [-0.25, -0.2) is 0 Å². The summed E-state index contributed by atoms with van der Waals surface area (Å²) in [6.07, 6.45) is 3.07. The Kier molecular flexibility index (Phi) is 5.72. The molecule has 3 N–H and O–H groups in total.